The first-order valence-electron chi connectivity index (χ1n) is 9.73. The number of urea groups is 1. The summed E-state index contributed by atoms with van der Waals surface area (Å²) in [7, 11) is 1.64. The van der Waals surface area contributed by atoms with Gasteiger partial charge in [0.2, 0.25) is 0 Å². The zero-order valence-electron chi connectivity index (χ0n) is 16.8. The summed E-state index contributed by atoms with van der Waals surface area (Å²) in [6, 6.07) is 14.8. The number of carbonyl (C=O) groups is 2. The molecule has 0 aliphatic carbocycles. The maximum absolute atomic E-state index is 12.6. The van der Waals surface area contributed by atoms with Crippen LogP contribution in [0.15, 0.2) is 48.5 Å². The number of amides is 3. The van der Waals surface area contributed by atoms with E-state index in [0.717, 1.165) is 17.5 Å². The minimum atomic E-state index is -0.549. The van der Waals surface area contributed by atoms with Crippen LogP contribution in [-0.2, 0) is 22.6 Å². The molecule has 1 aliphatic rings. The lowest BCUT2D eigenvalue weighted by Gasteiger charge is -2.22. The van der Waals surface area contributed by atoms with Gasteiger partial charge in [-0.3, -0.25) is 4.79 Å². The van der Waals surface area contributed by atoms with Crippen LogP contribution in [0.1, 0.15) is 24.5 Å². The molecule has 0 aromatic heterocycles. The molecule has 1 heterocycles. The Morgan fingerprint density at radius 2 is 2.03 bits per heavy atom. The van der Waals surface area contributed by atoms with E-state index >= 15 is 0 Å². The molecule has 0 radical (unpaired) electrons. The van der Waals surface area contributed by atoms with Crippen molar-refractivity contribution < 1.29 is 19.1 Å². The SMILES string of the molecule is COCCCN1Cc2cc(NC(=O)NCc3ccccc3)ccc2OC(C)C1=O. The van der Waals surface area contributed by atoms with E-state index in [1.807, 2.05) is 36.4 Å². The Kier molecular flexibility index (Phi) is 7.08. The zero-order chi connectivity index (χ0) is 20.6. The Morgan fingerprint density at radius 1 is 1.24 bits per heavy atom. The molecule has 0 saturated carbocycles. The van der Waals surface area contributed by atoms with Gasteiger partial charge in [-0.25, -0.2) is 4.79 Å². The summed E-state index contributed by atoms with van der Waals surface area (Å²) >= 11 is 0. The highest BCUT2D eigenvalue weighted by molar-refractivity contribution is 5.89. The number of rotatable bonds is 7. The third-order valence-corrected chi connectivity index (χ3v) is 4.72. The van der Waals surface area contributed by atoms with Crippen molar-refractivity contribution in [2.45, 2.75) is 32.5 Å². The number of nitrogens with zero attached hydrogens (tertiary/aromatic N) is 1. The Balaban J connectivity index is 1.65. The van der Waals surface area contributed by atoms with Crippen molar-refractivity contribution in [2.24, 2.45) is 0 Å². The predicted molar refractivity (Wildman–Crippen MR) is 111 cm³/mol. The molecular weight excluding hydrogens is 370 g/mol. The predicted octanol–water partition coefficient (Wildman–Crippen LogP) is 3.15. The maximum Gasteiger partial charge on any atom is 0.319 e. The van der Waals surface area contributed by atoms with Crippen LogP contribution in [0.2, 0.25) is 0 Å². The van der Waals surface area contributed by atoms with Crippen molar-refractivity contribution in [3.05, 3.63) is 59.7 Å². The van der Waals surface area contributed by atoms with Crippen LogP contribution in [0.4, 0.5) is 10.5 Å². The van der Waals surface area contributed by atoms with Gasteiger partial charge in [-0.1, -0.05) is 30.3 Å². The van der Waals surface area contributed by atoms with E-state index in [9.17, 15) is 9.59 Å². The van der Waals surface area contributed by atoms with Crippen LogP contribution in [0.25, 0.3) is 0 Å². The summed E-state index contributed by atoms with van der Waals surface area (Å²) in [6.45, 7) is 3.82. The second kappa shape index (κ2) is 9.93. The highest BCUT2D eigenvalue weighted by Gasteiger charge is 2.27. The van der Waals surface area contributed by atoms with E-state index in [2.05, 4.69) is 10.6 Å². The van der Waals surface area contributed by atoms with Crippen LogP contribution >= 0.6 is 0 Å². The van der Waals surface area contributed by atoms with Crippen LogP contribution in [0, 0.1) is 0 Å². The molecule has 0 spiro atoms. The average Bonchev–Trinajstić information content (AvgIpc) is 2.84. The molecule has 1 aliphatic heterocycles. The number of fused-ring (bicyclic) bond motifs is 1. The van der Waals surface area contributed by atoms with Crippen molar-refractivity contribution in [3.8, 4) is 5.75 Å². The lowest BCUT2D eigenvalue weighted by Crippen LogP contribution is -2.38. The average molecular weight is 397 g/mol. The van der Waals surface area contributed by atoms with Gasteiger partial charge in [0, 0.05) is 44.6 Å². The summed E-state index contributed by atoms with van der Waals surface area (Å²) in [6.07, 6.45) is 0.205. The molecule has 1 unspecified atom stereocenters. The number of anilines is 1. The van der Waals surface area contributed by atoms with E-state index < -0.39 is 6.10 Å². The van der Waals surface area contributed by atoms with Crippen molar-refractivity contribution in [2.75, 3.05) is 25.6 Å². The van der Waals surface area contributed by atoms with E-state index in [0.29, 0.717) is 37.7 Å². The minimum absolute atomic E-state index is 0.0487. The Labute approximate surface area is 171 Å². The van der Waals surface area contributed by atoms with Gasteiger partial charge in [-0.05, 0) is 37.1 Å². The molecule has 0 fully saturated rings. The molecule has 3 amide bonds. The Bertz CT molecular complexity index is 841. The number of benzene rings is 2. The fourth-order valence-corrected chi connectivity index (χ4v) is 3.22. The van der Waals surface area contributed by atoms with Crippen LogP contribution in [-0.4, -0.2) is 43.2 Å². The highest BCUT2D eigenvalue weighted by atomic mass is 16.5. The highest BCUT2D eigenvalue weighted by Crippen LogP contribution is 2.28. The minimum Gasteiger partial charge on any atom is -0.481 e. The largest absolute Gasteiger partial charge is 0.481 e. The number of methoxy groups -OCH3 is 1. The summed E-state index contributed by atoms with van der Waals surface area (Å²) < 4.78 is 10.9. The zero-order valence-corrected chi connectivity index (χ0v) is 16.8. The van der Waals surface area contributed by atoms with E-state index in [1.54, 1.807) is 31.1 Å². The third-order valence-electron chi connectivity index (χ3n) is 4.72. The smallest absolute Gasteiger partial charge is 0.319 e. The van der Waals surface area contributed by atoms with E-state index in [-0.39, 0.29) is 11.9 Å². The van der Waals surface area contributed by atoms with Crippen LogP contribution in [0.3, 0.4) is 0 Å². The quantitative estimate of drug-likeness (QED) is 0.704. The van der Waals surface area contributed by atoms with Gasteiger partial charge in [-0.2, -0.15) is 0 Å². The fraction of sp³-hybridized carbons (Fsp3) is 0.364. The molecule has 29 heavy (non-hydrogen) atoms. The maximum atomic E-state index is 12.6. The first-order chi connectivity index (χ1) is 14.1. The number of hydrogen-bond donors (Lipinski definition) is 2. The van der Waals surface area contributed by atoms with Gasteiger partial charge in [0.1, 0.15) is 5.75 Å². The summed E-state index contributed by atoms with van der Waals surface area (Å²) in [5.41, 5.74) is 2.54. The third kappa shape index (κ3) is 5.71. The monoisotopic (exact) mass is 397 g/mol. The van der Waals surface area contributed by atoms with E-state index in [4.69, 9.17) is 9.47 Å². The molecule has 1 atom stereocenters. The lowest BCUT2D eigenvalue weighted by molar-refractivity contribution is -0.137. The normalized spacial score (nSPS) is 15.9. The van der Waals surface area contributed by atoms with Gasteiger partial charge in [-0.15, -0.1) is 0 Å². The first kappa shape index (κ1) is 20.7. The molecule has 3 rings (SSSR count). The molecular formula is C22H27N3O4. The lowest BCUT2D eigenvalue weighted by atomic mass is 10.1. The summed E-state index contributed by atoms with van der Waals surface area (Å²) in [5.74, 6) is 0.614. The second-order valence-corrected chi connectivity index (χ2v) is 6.98. The van der Waals surface area contributed by atoms with Crippen LogP contribution < -0.4 is 15.4 Å². The molecule has 2 aromatic carbocycles. The number of carbonyl (C=O) groups excluding carboxylic acids is 2. The Hall–Kier alpha value is -3.06. The number of hydrogen-bond acceptors (Lipinski definition) is 4. The van der Waals surface area contributed by atoms with Gasteiger partial charge < -0.3 is 25.0 Å². The number of ether oxygens (including phenoxy) is 2. The van der Waals surface area contributed by atoms with Crippen molar-refractivity contribution in [3.63, 3.8) is 0 Å². The van der Waals surface area contributed by atoms with Gasteiger partial charge >= 0.3 is 6.03 Å². The summed E-state index contributed by atoms with van der Waals surface area (Å²) in [4.78, 5) is 26.6. The molecule has 7 nitrogen and oxygen atoms in total. The summed E-state index contributed by atoms with van der Waals surface area (Å²) in [5, 5.41) is 5.68. The molecule has 2 aromatic rings. The van der Waals surface area contributed by atoms with E-state index in [1.165, 1.54) is 0 Å². The molecule has 0 saturated heterocycles. The molecule has 2 N–H and O–H groups in total. The molecule has 7 heteroatoms. The Morgan fingerprint density at radius 3 is 2.79 bits per heavy atom. The number of nitrogens with one attached hydrogen (secondary N) is 2. The van der Waals surface area contributed by atoms with Gasteiger partial charge in [0.05, 0.1) is 0 Å². The van der Waals surface area contributed by atoms with Gasteiger partial charge in [0.15, 0.2) is 6.10 Å². The van der Waals surface area contributed by atoms with Crippen molar-refractivity contribution in [1.82, 2.24) is 10.2 Å². The van der Waals surface area contributed by atoms with Crippen molar-refractivity contribution >= 4 is 17.6 Å². The van der Waals surface area contributed by atoms with Gasteiger partial charge in [0.25, 0.3) is 5.91 Å². The first-order valence-corrected chi connectivity index (χ1v) is 9.73. The fourth-order valence-electron chi connectivity index (χ4n) is 3.22. The standard InChI is InChI=1S/C22H27N3O4/c1-16-21(26)25(11-6-12-28-2)15-18-13-19(9-10-20(18)29-16)24-22(27)23-14-17-7-4-3-5-8-17/h3-5,7-10,13,16H,6,11-12,14-15H2,1-2H3,(H2,23,24,27). The topological polar surface area (TPSA) is 79.9 Å². The second-order valence-electron chi connectivity index (χ2n) is 6.98. The van der Waals surface area contributed by atoms with Crippen molar-refractivity contribution in [1.29, 1.82) is 0 Å². The molecule has 154 valence electrons. The molecule has 0 bridgehead atoms. The van der Waals surface area contributed by atoms with Crippen LogP contribution in [0.5, 0.6) is 5.75 Å².